The normalized spacial score (nSPS) is 14.5. The van der Waals surface area contributed by atoms with E-state index >= 15 is 0 Å². The molecular formula is C9H12N4O2. The molecule has 0 amide bonds. The van der Waals surface area contributed by atoms with Crippen molar-refractivity contribution in [2.75, 3.05) is 19.5 Å². The Balaban J connectivity index is 2.18. The Morgan fingerprint density at radius 1 is 1.27 bits per heavy atom. The fourth-order valence-corrected chi connectivity index (χ4v) is 1.36. The summed E-state index contributed by atoms with van der Waals surface area (Å²) in [6.45, 7) is 0.495. The van der Waals surface area contributed by atoms with Gasteiger partial charge in [0.1, 0.15) is 5.69 Å². The molecule has 0 radical (unpaired) electrons. The molecule has 6 heteroatoms. The summed E-state index contributed by atoms with van der Waals surface area (Å²) in [6, 6.07) is 0. The van der Waals surface area contributed by atoms with Crippen molar-refractivity contribution in [1.82, 2.24) is 9.97 Å². The molecule has 1 aliphatic heterocycles. The van der Waals surface area contributed by atoms with Gasteiger partial charge in [0.2, 0.25) is 6.29 Å². The summed E-state index contributed by atoms with van der Waals surface area (Å²) in [5.41, 5.74) is 0.826. The van der Waals surface area contributed by atoms with Crippen molar-refractivity contribution in [3.05, 3.63) is 18.1 Å². The molecule has 0 aromatic carbocycles. The Kier molecular flexibility index (Phi) is 2.89. The minimum Gasteiger partial charge on any atom is -0.349 e. The molecule has 1 aromatic rings. The highest BCUT2D eigenvalue weighted by Crippen LogP contribution is 2.15. The van der Waals surface area contributed by atoms with Crippen LogP contribution in [0.15, 0.2) is 17.4 Å². The lowest BCUT2D eigenvalue weighted by atomic mass is 10.3. The van der Waals surface area contributed by atoms with Crippen molar-refractivity contribution < 1.29 is 9.47 Å². The molecule has 0 atom stereocenters. The fraction of sp³-hybridized carbons (Fsp3) is 0.444. The van der Waals surface area contributed by atoms with Crippen molar-refractivity contribution in [3.63, 3.8) is 0 Å². The maximum Gasteiger partial charge on any atom is 0.216 e. The molecule has 1 aromatic heterocycles. The average molecular weight is 208 g/mol. The average Bonchev–Trinajstić information content (AvgIpc) is 2.30. The lowest BCUT2D eigenvalue weighted by Crippen LogP contribution is -2.34. The highest BCUT2D eigenvalue weighted by molar-refractivity contribution is 5.98. The van der Waals surface area contributed by atoms with Crippen LogP contribution in [0.3, 0.4) is 0 Å². The van der Waals surface area contributed by atoms with Gasteiger partial charge in [0.05, 0.1) is 6.54 Å². The zero-order valence-electron chi connectivity index (χ0n) is 8.60. The third-order valence-corrected chi connectivity index (χ3v) is 2.07. The molecule has 6 nitrogen and oxygen atoms in total. The standard InChI is InChI=1S/C9H12N4O2/c1-14-9(15-2)8-12-5-6-7(13-8)11-4-3-10-6/h3-4,9H,5H2,1-2H3,(H,11,12,13). The summed E-state index contributed by atoms with van der Waals surface area (Å²) >= 11 is 0. The van der Waals surface area contributed by atoms with E-state index in [0.717, 1.165) is 5.69 Å². The van der Waals surface area contributed by atoms with Crippen molar-refractivity contribution in [3.8, 4) is 0 Å². The number of rotatable bonds is 3. The number of amidine groups is 1. The van der Waals surface area contributed by atoms with E-state index in [2.05, 4.69) is 20.3 Å². The second kappa shape index (κ2) is 4.33. The second-order valence-electron chi connectivity index (χ2n) is 2.98. The molecule has 1 N–H and O–H groups in total. The zero-order chi connectivity index (χ0) is 10.7. The van der Waals surface area contributed by atoms with E-state index < -0.39 is 6.29 Å². The Morgan fingerprint density at radius 2 is 2.00 bits per heavy atom. The summed E-state index contributed by atoms with van der Waals surface area (Å²) in [4.78, 5) is 12.6. The molecule has 2 heterocycles. The predicted octanol–water partition coefficient (Wildman–Crippen LogP) is 0.419. The van der Waals surface area contributed by atoms with Gasteiger partial charge >= 0.3 is 0 Å². The first-order valence-corrected chi connectivity index (χ1v) is 4.52. The number of nitrogens with one attached hydrogen (secondary N) is 1. The Morgan fingerprint density at radius 3 is 2.73 bits per heavy atom. The summed E-state index contributed by atoms with van der Waals surface area (Å²) < 4.78 is 10.2. The third kappa shape index (κ3) is 1.95. The van der Waals surface area contributed by atoms with Crippen LogP contribution in [-0.4, -0.2) is 36.3 Å². The van der Waals surface area contributed by atoms with Crippen LogP contribution in [0.4, 0.5) is 5.82 Å². The van der Waals surface area contributed by atoms with Crippen molar-refractivity contribution >= 4 is 11.7 Å². The minimum absolute atomic E-state index is 0.486. The molecule has 0 saturated carbocycles. The number of hydrogen-bond donors (Lipinski definition) is 1. The van der Waals surface area contributed by atoms with Crippen molar-refractivity contribution in [1.29, 1.82) is 0 Å². The number of aliphatic imine (C=N–C) groups is 1. The van der Waals surface area contributed by atoms with Crippen LogP contribution >= 0.6 is 0 Å². The molecule has 0 bridgehead atoms. The number of nitrogens with zero attached hydrogens (tertiary/aromatic N) is 3. The van der Waals surface area contributed by atoms with Gasteiger partial charge in [-0.3, -0.25) is 9.98 Å². The number of methoxy groups -OCH3 is 2. The third-order valence-electron chi connectivity index (χ3n) is 2.07. The van der Waals surface area contributed by atoms with Gasteiger partial charge in [0.15, 0.2) is 11.7 Å². The van der Waals surface area contributed by atoms with Crippen molar-refractivity contribution in [2.45, 2.75) is 12.8 Å². The van der Waals surface area contributed by atoms with E-state index in [1.54, 1.807) is 26.6 Å². The first-order chi connectivity index (χ1) is 7.35. The minimum atomic E-state index is -0.486. The summed E-state index contributed by atoms with van der Waals surface area (Å²) in [5, 5.41) is 3.03. The van der Waals surface area contributed by atoms with Crippen LogP contribution in [-0.2, 0) is 16.0 Å². The highest BCUT2D eigenvalue weighted by atomic mass is 16.7. The molecule has 15 heavy (non-hydrogen) atoms. The Bertz CT molecular complexity index is 376. The first kappa shape index (κ1) is 10.0. The number of fused-ring (bicyclic) bond motifs is 1. The van der Waals surface area contributed by atoms with Gasteiger partial charge in [-0.05, 0) is 0 Å². The van der Waals surface area contributed by atoms with E-state index in [1.807, 2.05) is 0 Å². The highest BCUT2D eigenvalue weighted by Gasteiger charge is 2.20. The zero-order valence-corrected chi connectivity index (χ0v) is 8.60. The van der Waals surface area contributed by atoms with Gasteiger partial charge in [-0.1, -0.05) is 0 Å². The lowest BCUT2D eigenvalue weighted by Gasteiger charge is -2.21. The Labute approximate surface area is 87.4 Å². The van der Waals surface area contributed by atoms with Crippen LogP contribution in [0.1, 0.15) is 5.69 Å². The van der Waals surface area contributed by atoms with Crippen LogP contribution in [0.25, 0.3) is 0 Å². The van der Waals surface area contributed by atoms with Gasteiger partial charge in [0, 0.05) is 26.6 Å². The molecule has 0 unspecified atom stereocenters. The van der Waals surface area contributed by atoms with Gasteiger partial charge in [-0.2, -0.15) is 0 Å². The molecule has 80 valence electrons. The van der Waals surface area contributed by atoms with Gasteiger partial charge in [0.25, 0.3) is 0 Å². The molecular weight excluding hydrogens is 196 g/mol. The molecule has 0 aliphatic carbocycles. The topological polar surface area (TPSA) is 68.6 Å². The monoisotopic (exact) mass is 208 g/mol. The van der Waals surface area contributed by atoms with E-state index in [1.165, 1.54) is 0 Å². The van der Waals surface area contributed by atoms with E-state index in [9.17, 15) is 0 Å². The van der Waals surface area contributed by atoms with E-state index in [4.69, 9.17) is 9.47 Å². The van der Waals surface area contributed by atoms with E-state index in [0.29, 0.717) is 18.2 Å². The van der Waals surface area contributed by atoms with Gasteiger partial charge in [-0.15, -0.1) is 0 Å². The number of anilines is 1. The molecule has 0 fully saturated rings. The maximum absolute atomic E-state index is 5.09. The maximum atomic E-state index is 5.09. The molecule has 0 spiro atoms. The quantitative estimate of drug-likeness (QED) is 0.729. The van der Waals surface area contributed by atoms with Crippen LogP contribution in [0.5, 0.6) is 0 Å². The number of hydrogen-bond acceptors (Lipinski definition) is 6. The number of ether oxygens (including phenoxy) is 2. The lowest BCUT2D eigenvalue weighted by molar-refractivity contribution is -0.0522. The summed E-state index contributed by atoms with van der Waals surface area (Å²) in [6.07, 6.45) is 2.79. The van der Waals surface area contributed by atoms with Crippen LogP contribution < -0.4 is 5.32 Å². The van der Waals surface area contributed by atoms with Crippen LogP contribution in [0, 0.1) is 0 Å². The number of aromatic nitrogens is 2. The molecule has 1 aliphatic rings. The smallest absolute Gasteiger partial charge is 0.216 e. The predicted molar refractivity (Wildman–Crippen MR) is 54.6 cm³/mol. The second-order valence-corrected chi connectivity index (χ2v) is 2.98. The SMILES string of the molecule is COC(OC)C1=NCc2nccnc2N1. The Hall–Kier alpha value is -1.53. The van der Waals surface area contributed by atoms with Crippen molar-refractivity contribution in [2.24, 2.45) is 4.99 Å². The molecule has 2 rings (SSSR count). The molecule has 0 saturated heterocycles. The van der Waals surface area contributed by atoms with Gasteiger partial charge < -0.3 is 14.8 Å². The first-order valence-electron chi connectivity index (χ1n) is 4.52. The summed E-state index contributed by atoms with van der Waals surface area (Å²) in [7, 11) is 3.12. The fourth-order valence-electron chi connectivity index (χ4n) is 1.36. The summed E-state index contributed by atoms with van der Waals surface area (Å²) in [5.74, 6) is 1.33. The van der Waals surface area contributed by atoms with Crippen LogP contribution in [0.2, 0.25) is 0 Å². The van der Waals surface area contributed by atoms with E-state index in [-0.39, 0.29) is 0 Å². The van der Waals surface area contributed by atoms with Gasteiger partial charge in [-0.25, -0.2) is 4.98 Å². The largest absolute Gasteiger partial charge is 0.349 e.